The van der Waals surface area contributed by atoms with Gasteiger partial charge < -0.3 is 9.47 Å². The number of fused-ring (bicyclic) bond motifs is 1. The van der Waals surface area contributed by atoms with Gasteiger partial charge in [0.15, 0.2) is 11.5 Å². The molecule has 1 saturated carbocycles. The highest BCUT2D eigenvalue weighted by Crippen LogP contribution is 2.46. The predicted octanol–water partition coefficient (Wildman–Crippen LogP) is 4.06. The largest absolute Gasteiger partial charge is 0.454 e. The third-order valence-electron chi connectivity index (χ3n) is 5.55. The van der Waals surface area contributed by atoms with Gasteiger partial charge in [0.2, 0.25) is 6.79 Å². The standard InChI is InChI=1S/C18H25NO2/c1-3-9-18(10-4-1,19-11-5-2-6-12-19)15-7-8-16-17(13-15)21-14-20-16/h7-8,13H,1-6,9-12,14H2. The lowest BCUT2D eigenvalue weighted by atomic mass is 9.74. The molecular formula is C18H25NO2. The van der Waals surface area contributed by atoms with Crippen LogP contribution >= 0.6 is 0 Å². The lowest BCUT2D eigenvalue weighted by Crippen LogP contribution is -2.49. The van der Waals surface area contributed by atoms with Gasteiger partial charge in [0, 0.05) is 5.54 Å². The van der Waals surface area contributed by atoms with E-state index in [1.54, 1.807) is 0 Å². The van der Waals surface area contributed by atoms with Gasteiger partial charge in [0.05, 0.1) is 0 Å². The van der Waals surface area contributed by atoms with Crippen molar-refractivity contribution in [1.82, 2.24) is 4.90 Å². The predicted molar refractivity (Wildman–Crippen MR) is 82.8 cm³/mol. The second-order valence-corrected chi connectivity index (χ2v) is 6.71. The van der Waals surface area contributed by atoms with Crippen LogP contribution in [0, 0.1) is 0 Å². The topological polar surface area (TPSA) is 21.7 Å². The Bertz CT molecular complexity index is 502. The lowest BCUT2D eigenvalue weighted by Gasteiger charge is -2.48. The van der Waals surface area contributed by atoms with Gasteiger partial charge in [-0.2, -0.15) is 0 Å². The smallest absolute Gasteiger partial charge is 0.231 e. The van der Waals surface area contributed by atoms with E-state index in [0.717, 1.165) is 11.5 Å². The van der Waals surface area contributed by atoms with Crippen molar-refractivity contribution in [3.63, 3.8) is 0 Å². The van der Waals surface area contributed by atoms with Gasteiger partial charge >= 0.3 is 0 Å². The average molecular weight is 287 g/mol. The molecule has 2 fully saturated rings. The van der Waals surface area contributed by atoms with E-state index in [9.17, 15) is 0 Å². The SMILES string of the molecule is c1cc2c(cc1C1(N3CCCCC3)CCCCC1)OCO2. The number of rotatable bonds is 2. The zero-order chi connectivity index (χ0) is 14.1. The minimum absolute atomic E-state index is 0.250. The fourth-order valence-corrected chi connectivity index (χ4v) is 4.43. The highest BCUT2D eigenvalue weighted by atomic mass is 16.7. The first kappa shape index (κ1) is 13.4. The van der Waals surface area contributed by atoms with Crippen LogP contribution < -0.4 is 9.47 Å². The summed E-state index contributed by atoms with van der Waals surface area (Å²) in [6.45, 7) is 2.89. The Morgan fingerprint density at radius 2 is 1.52 bits per heavy atom. The van der Waals surface area contributed by atoms with Gasteiger partial charge in [-0.25, -0.2) is 0 Å². The highest BCUT2D eigenvalue weighted by molar-refractivity contribution is 5.46. The summed E-state index contributed by atoms with van der Waals surface area (Å²) in [4.78, 5) is 2.77. The average Bonchev–Trinajstić information content (AvgIpc) is 3.04. The quantitative estimate of drug-likeness (QED) is 0.818. The van der Waals surface area contributed by atoms with Crippen LogP contribution in [0.25, 0.3) is 0 Å². The first-order valence-corrected chi connectivity index (χ1v) is 8.54. The van der Waals surface area contributed by atoms with Crippen molar-refractivity contribution in [2.45, 2.75) is 56.9 Å². The van der Waals surface area contributed by atoms with Gasteiger partial charge in [0.25, 0.3) is 0 Å². The number of benzene rings is 1. The van der Waals surface area contributed by atoms with Gasteiger partial charge in [-0.1, -0.05) is 31.7 Å². The van der Waals surface area contributed by atoms with Crippen molar-refractivity contribution in [3.8, 4) is 11.5 Å². The third-order valence-corrected chi connectivity index (χ3v) is 5.55. The van der Waals surface area contributed by atoms with Gasteiger partial charge in [-0.3, -0.25) is 4.90 Å². The molecule has 21 heavy (non-hydrogen) atoms. The zero-order valence-electron chi connectivity index (χ0n) is 12.8. The Hall–Kier alpha value is -1.22. The normalized spacial score (nSPS) is 25.0. The molecule has 3 nitrogen and oxygen atoms in total. The van der Waals surface area contributed by atoms with Crippen molar-refractivity contribution < 1.29 is 9.47 Å². The van der Waals surface area contributed by atoms with E-state index in [4.69, 9.17) is 9.47 Å². The summed E-state index contributed by atoms with van der Waals surface area (Å²) < 4.78 is 11.1. The number of ether oxygens (including phenoxy) is 2. The number of nitrogens with zero attached hydrogens (tertiary/aromatic N) is 1. The second kappa shape index (κ2) is 5.53. The Kier molecular flexibility index (Phi) is 3.54. The number of piperidine rings is 1. The Balaban J connectivity index is 1.71. The Labute approximate surface area is 127 Å². The van der Waals surface area contributed by atoms with Gasteiger partial charge in [-0.05, 0) is 56.5 Å². The molecule has 0 radical (unpaired) electrons. The van der Waals surface area contributed by atoms with E-state index in [1.165, 1.54) is 70.0 Å². The van der Waals surface area contributed by atoms with E-state index in [1.807, 2.05) is 0 Å². The van der Waals surface area contributed by atoms with Crippen LogP contribution in [0.15, 0.2) is 18.2 Å². The minimum Gasteiger partial charge on any atom is -0.454 e. The molecule has 0 aromatic heterocycles. The molecule has 114 valence electrons. The van der Waals surface area contributed by atoms with Crippen molar-refractivity contribution in [2.24, 2.45) is 0 Å². The molecule has 2 aliphatic heterocycles. The van der Waals surface area contributed by atoms with Crippen molar-refractivity contribution in [3.05, 3.63) is 23.8 Å². The maximum Gasteiger partial charge on any atom is 0.231 e. The maximum atomic E-state index is 5.62. The Morgan fingerprint density at radius 3 is 2.33 bits per heavy atom. The van der Waals surface area contributed by atoms with E-state index in [-0.39, 0.29) is 5.54 Å². The molecule has 1 aliphatic carbocycles. The van der Waals surface area contributed by atoms with Crippen LogP contribution in [0.5, 0.6) is 11.5 Å². The van der Waals surface area contributed by atoms with Crippen molar-refractivity contribution >= 4 is 0 Å². The van der Waals surface area contributed by atoms with E-state index in [2.05, 4.69) is 23.1 Å². The molecule has 4 rings (SSSR count). The monoisotopic (exact) mass is 287 g/mol. The molecule has 2 heterocycles. The fraction of sp³-hybridized carbons (Fsp3) is 0.667. The lowest BCUT2D eigenvalue weighted by molar-refractivity contribution is 0.0302. The van der Waals surface area contributed by atoms with E-state index in [0.29, 0.717) is 6.79 Å². The molecule has 3 heteroatoms. The Morgan fingerprint density at radius 1 is 0.810 bits per heavy atom. The summed E-state index contributed by atoms with van der Waals surface area (Å²) in [5.41, 5.74) is 1.70. The number of hydrogen-bond donors (Lipinski definition) is 0. The van der Waals surface area contributed by atoms with E-state index < -0.39 is 0 Å². The maximum absolute atomic E-state index is 5.62. The molecule has 0 amide bonds. The third kappa shape index (κ3) is 2.32. The fourth-order valence-electron chi connectivity index (χ4n) is 4.43. The number of hydrogen-bond acceptors (Lipinski definition) is 3. The molecule has 0 N–H and O–H groups in total. The molecule has 1 aromatic rings. The van der Waals surface area contributed by atoms with Crippen LogP contribution in [0.1, 0.15) is 56.9 Å². The molecule has 1 saturated heterocycles. The molecule has 3 aliphatic rings. The molecule has 1 aromatic carbocycles. The second-order valence-electron chi connectivity index (χ2n) is 6.71. The van der Waals surface area contributed by atoms with Crippen LogP contribution in [0.4, 0.5) is 0 Å². The van der Waals surface area contributed by atoms with Crippen LogP contribution in [0.3, 0.4) is 0 Å². The van der Waals surface area contributed by atoms with Crippen molar-refractivity contribution in [2.75, 3.05) is 19.9 Å². The van der Waals surface area contributed by atoms with Crippen molar-refractivity contribution in [1.29, 1.82) is 0 Å². The van der Waals surface area contributed by atoms with Crippen LogP contribution in [0.2, 0.25) is 0 Å². The number of likely N-dealkylation sites (tertiary alicyclic amines) is 1. The summed E-state index contributed by atoms with van der Waals surface area (Å²) in [7, 11) is 0. The van der Waals surface area contributed by atoms with Crippen LogP contribution in [-0.2, 0) is 5.54 Å². The van der Waals surface area contributed by atoms with Crippen LogP contribution in [-0.4, -0.2) is 24.8 Å². The first-order chi connectivity index (χ1) is 10.4. The molecule has 0 spiro atoms. The summed E-state index contributed by atoms with van der Waals surface area (Å²) in [5.74, 6) is 1.85. The molecular weight excluding hydrogens is 262 g/mol. The van der Waals surface area contributed by atoms with Gasteiger partial charge in [-0.15, -0.1) is 0 Å². The first-order valence-electron chi connectivity index (χ1n) is 8.54. The molecule has 0 atom stereocenters. The summed E-state index contributed by atoms with van der Waals surface area (Å²) in [5, 5.41) is 0. The minimum atomic E-state index is 0.250. The summed E-state index contributed by atoms with van der Waals surface area (Å²) in [6.07, 6.45) is 10.8. The molecule has 0 unspecified atom stereocenters. The summed E-state index contributed by atoms with van der Waals surface area (Å²) >= 11 is 0. The summed E-state index contributed by atoms with van der Waals surface area (Å²) in [6, 6.07) is 6.65. The molecule has 0 bridgehead atoms. The highest BCUT2D eigenvalue weighted by Gasteiger charge is 2.40. The van der Waals surface area contributed by atoms with E-state index >= 15 is 0 Å². The zero-order valence-corrected chi connectivity index (χ0v) is 12.8. The van der Waals surface area contributed by atoms with Gasteiger partial charge in [0.1, 0.15) is 0 Å².